The summed E-state index contributed by atoms with van der Waals surface area (Å²) in [6.45, 7) is 0. The number of hydrogen-bond acceptors (Lipinski definition) is 6. The van der Waals surface area contributed by atoms with Crippen molar-refractivity contribution in [3.63, 3.8) is 0 Å². The molecule has 17 heavy (non-hydrogen) atoms. The molecule has 0 atom stereocenters. The van der Waals surface area contributed by atoms with Gasteiger partial charge in [-0.1, -0.05) is 0 Å². The van der Waals surface area contributed by atoms with Crippen molar-refractivity contribution in [3.8, 4) is 0 Å². The quantitative estimate of drug-likeness (QED) is 0.803. The first-order valence-corrected chi connectivity index (χ1v) is 4.86. The van der Waals surface area contributed by atoms with E-state index in [0.717, 1.165) is 0 Å². The van der Waals surface area contributed by atoms with Gasteiger partial charge >= 0.3 is 5.97 Å². The highest BCUT2D eigenvalue weighted by molar-refractivity contribution is 5.90. The summed E-state index contributed by atoms with van der Waals surface area (Å²) in [5, 5.41) is 2.98. The van der Waals surface area contributed by atoms with Gasteiger partial charge in [0, 0.05) is 6.20 Å². The normalized spacial score (nSPS) is 9.71. The molecule has 0 aliphatic carbocycles. The van der Waals surface area contributed by atoms with Crippen LogP contribution >= 0.6 is 0 Å². The zero-order valence-corrected chi connectivity index (χ0v) is 9.12. The van der Waals surface area contributed by atoms with Crippen LogP contribution in [0.3, 0.4) is 0 Å². The fourth-order valence-corrected chi connectivity index (χ4v) is 1.26. The average molecular weight is 230 g/mol. The molecule has 2 aromatic rings. The molecule has 2 heterocycles. The van der Waals surface area contributed by atoms with Gasteiger partial charge in [-0.2, -0.15) is 0 Å². The van der Waals surface area contributed by atoms with Crippen LogP contribution in [-0.4, -0.2) is 28.0 Å². The number of anilines is 2. The van der Waals surface area contributed by atoms with E-state index in [1.807, 2.05) is 0 Å². The van der Waals surface area contributed by atoms with Gasteiger partial charge in [-0.05, 0) is 12.1 Å². The highest BCUT2D eigenvalue weighted by atomic mass is 16.5. The molecule has 0 saturated heterocycles. The van der Waals surface area contributed by atoms with Gasteiger partial charge in [0.2, 0.25) is 0 Å². The summed E-state index contributed by atoms with van der Waals surface area (Å²) in [4.78, 5) is 23.1. The van der Waals surface area contributed by atoms with Gasteiger partial charge in [0.1, 0.15) is 12.1 Å². The Hall–Kier alpha value is -2.50. The molecule has 6 heteroatoms. The summed E-state index contributed by atoms with van der Waals surface area (Å²) in [5.41, 5.74) is 1.13. The summed E-state index contributed by atoms with van der Waals surface area (Å²) < 4.78 is 4.62. The van der Waals surface area contributed by atoms with Crippen LogP contribution in [0.4, 0.5) is 11.5 Å². The first kappa shape index (κ1) is 11.0. The van der Waals surface area contributed by atoms with E-state index in [1.54, 1.807) is 24.5 Å². The van der Waals surface area contributed by atoms with Gasteiger partial charge in [-0.3, -0.25) is 0 Å². The Kier molecular flexibility index (Phi) is 3.25. The summed E-state index contributed by atoms with van der Waals surface area (Å²) >= 11 is 0. The number of nitrogens with zero attached hydrogens (tertiary/aromatic N) is 3. The summed E-state index contributed by atoms with van der Waals surface area (Å²) in [6.07, 6.45) is 6.18. The Labute approximate surface area is 97.7 Å². The molecular weight excluding hydrogens is 220 g/mol. The van der Waals surface area contributed by atoms with E-state index >= 15 is 0 Å². The summed E-state index contributed by atoms with van der Waals surface area (Å²) in [5.74, 6) is 0.127. The summed E-state index contributed by atoms with van der Waals surface area (Å²) in [7, 11) is 1.33. The number of nitrogens with one attached hydrogen (secondary N) is 1. The maximum Gasteiger partial charge on any atom is 0.338 e. The predicted octanol–water partition coefficient (Wildman–Crippen LogP) is 1.40. The first-order chi connectivity index (χ1) is 8.29. The van der Waals surface area contributed by atoms with Crippen LogP contribution in [0.5, 0.6) is 0 Å². The van der Waals surface area contributed by atoms with Crippen LogP contribution in [-0.2, 0) is 4.74 Å². The number of pyridine rings is 1. The number of esters is 1. The minimum absolute atomic E-state index is 0.403. The highest BCUT2D eigenvalue weighted by Gasteiger charge is 2.06. The van der Waals surface area contributed by atoms with E-state index in [0.29, 0.717) is 17.1 Å². The van der Waals surface area contributed by atoms with Gasteiger partial charge < -0.3 is 10.1 Å². The second-order valence-corrected chi connectivity index (χ2v) is 3.17. The zero-order chi connectivity index (χ0) is 12.1. The van der Waals surface area contributed by atoms with E-state index in [9.17, 15) is 4.79 Å². The van der Waals surface area contributed by atoms with Crippen LogP contribution in [0.15, 0.2) is 37.1 Å². The van der Waals surface area contributed by atoms with Crippen molar-refractivity contribution in [1.82, 2.24) is 15.0 Å². The average Bonchev–Trinajstić information content (AvgIpc) is 2.39. The first-order valence-electron chi connectivity index (χ1n) is 4.86. The lowest BCUT2D eigenvalue weighted by Gasteiger charge is -2.05. The van der Waals surface area contributed by atoms with Crippen LogP contribution in [0.2, 0.25) is 0 Å². The molecule has 0 amide bonds. The molecule has 0 aliphatic heterocycles. The molecule has 0 unspecified atom stereocenters. The van der Waals surface area contributed by atoms with Crippen LogP contribution < -0.4 is 5.32 Å². The van der Waals surface area contributed by atoms with Gasteiger partial charge in [-0.15, -0.1) is 0 Å². The molecule has 0 bridgehead atoms. The number of rotatable bonds is 3. The van der Waals surface area contributed by atoms with Gasteiger partial charge in [-0.25, -0.2) is 19.7 Å². The molecule has 0 spiro atoms. The SMILES string of the molecule is COC(=O)c1ccnc(Nc2cncnc2)c1. The topological polar surface area (TPSA) is 77.0 Å². The Bertz CT molecular complexity index is 516. The van der Waals surface area contributed by atoms with Crippen LogP contribution in [0.1, 0.15) is 10.4 Å². The minimum atomic E-state index is -0.403. The molecular formula is C11H10N4O2. The fraction of sp³-hybridized carbons (Fsp3) is 0.0909. The van der Waals surface area contributed by atoms with Crippen LogP contribution in [0, 0.1) is 0 Å². The lowest BCUT2D eigenvalue weighted by atomic mass is 10.2. The number of carbonyl (C=O) groups excluding carboxylic acids is 1. The van der Waals surface area contributed by atoms with E-state index in [-0.39, 0.29) is 0 Å². The van der Waals surface area contributed by atoms with Crippen molar-refractivity contribution >= 4 is 17.5 Å². The van der Waals surface area contributed by atoms with Crippen molar-refractivity contribution in [1.29, 1.82) is 0 Å². The molecule has 1 N–H and O–H groups in total. The van der Waals surface area contributed by atoms with Crippen molar-refractivity contribution in [2.45, 2.75) is 0 Å². The second kappa shape index (κ2) is 5.02. The number of hydrogen-bond donors (Lipinski definition) is 1. The van der Waals surface area contributed by atoms with Crippen molar-refractivity contribution < 1.29 is 9.53 Å². The monoisotopic (exact) mass is 230 g/mol. The Morgan fingerprint density at radius 2 is 2.12 bits per heavy atom. The number of ether oxygens (including phenoxy) is 1. The smallest absolute Gasteiger partial charge is 0.338 e. The number of carbonyl (C=O) groups is 1. The second-order valence-electron chi connectivity index (χ2n) is 3.17. The standard InChI is InChI=1S/C11H10N4O2/c1-17-11(16)8-2-3-14-10(4-8)15-9-5-12-7-13-6-9/h2-7H,1H3,(H,14,15). The van der Waals surface area contributed by atoms with Gasteiger partial charge in [0.25, 0.3) is 0 Å². The zero-order valence-electron chi connectivity index (χ0n) is 9.12. The lowest BCUT2D eigenvalue weighted by molar-refractivity contribution is 0.0600. The van der Waals surface area contributed by atoms with Crippen molar-refractivity contribution in [3.05, 3.63) is 42.6 Å². The Balaban J connectivity index is 2.20. The molecule has 0 aliphatic rings. The molecule has 86 valence electrons. The third-order valence-electron chi connectivity index (χ3n) is 2.01. The van der Waals surface area contributed by atoms with E-state index < -0.39 is 5.97 Å². The molecule has 2 rings (SSSR count). The number of aromatic nitrogens is 3. The molecule has 2 aromatic heterocycles. The summed E-state index contributed by atoms with van der Waals surface area (Å²) in [6, 6.07) is 3.18. The fourth-order valence-electron chi connectivity index (χ4n) is 1.26. The largest absolute Gasteiger partial charge is 0.465 e. The Morgan fingerprint density at radius 3 is 2.82 bits per heavy atom. The minimum Gasteiger partial charge on any atom is -0.465 e. The Morgan fingerprint density at radius 1 is 1.35 bits per heavy atom. The van der Waals surface area contributed by atoms with Crippen LogP contribution in [0.25, 0.3) is 0 Å². The lowest BCUT2D eigenvalue weighted by Crippen LogP contribution is -2.03. The molecule has 0 fully saturated rings. The maximum absolute atomic E-state index is 11.3. The third kappa shape index (κ3) is 2.75. The molecule has 0 saturated carbocycles. The maximum atomic E-state index is 11.3. The van der Waals surface area contributed by atoms with E-state index in [1.165, 1.54) is 19.6 Å². The molecule has 0 radical (unpaired) electrons. The van der Waals surface area contributed by atoms with E-state index in [2.05, 4.69) is 25.0 Å². The molecule has 6 nitrogen and oxygen atoms in total. The molecule has 0 aromatic carbocycles. The van der Waals surface area contributed by atoms with Gasteiger partial charge in [0.05, 0.1) is 30.8 Å². The predicted molar refractivity (Wildman–Crippen MR) is 60.9 cm³/mol. The van der Waals surface area contributed by atoms with Crippen molar-refractivity contribution in [2.24, 2.45) is 0 Å². The van der Waals surface area contributed by atoms with Crippen molar-refractivity contribution in [2.75, 3.05) is 12.4 Å². The number of methoxy groups -OCH3 is 1. The highest BCUT2D eigenvalue weighted by Crippen LogP contribution is 2.13. The third-order valence-corrected chi connectivity index (χ3v) is 2.01. The van der Waals surface area contributed by atoms with Gasteiger partial charge in [0.15, 0.2) is 0 Å². The van der Waals surface area contributed by atoms with E-state index in [4.69, 9.17) is 0 Å².